The zero-order valence-electron chi connectivity index (χ0n) is 8.97. The molecule has 0 heterocycles. The first-order chi connectivity index (χ1) is 6.86. The van der Waals surface area contributed by atoms with Crippen LogP contribution in [0.4, 0.5) is 0 Å². The molecule has 0 saturated heterocycles. The first-order valence-electron chi connectivity index (χ1n) is 5.44. The SMILES string of the molecule is C=CCC1=CCCC=C(CC=C)CC1. The molecule has 0 fully saturated rings. The van der Waals surface area contributed by atoms with Crippen molar-refractivity contribution in [2.45, 2.75) is 38.5 Å². The quantitative estimate of drug-likeness (QED) is 0.567. The molecule has 0 aromatic heterocycles. The second-order valence-electron chi connectivity index (χ2n) is 3.79. The summed E-state index contributed by atoms with van der Waals surface area (Å²) in [5.74, 6) is 0. The Bertz CT molecular complexity index is 225. The minimum absolute atomic E-state index is 1.06. The molecule has 14 heavy (non-hydrogen) atoms. The van der Waals surface area contributed by atoms with Crippen molar-refractivity contribution in [3.05, 3.63) is 48.6 Å². The molecular weight excluding hydrogens is 168 g/mol. The van der Waals surface area contributed by atoms with Gasteiger partial charge in [0.15, 0.2) is 0 Å². The van der Waals surface area contributed by atoms with Gasteiger partial charge in [-0.2, -0.15) is 0 Å². The van der Waals surface area contributed by atoms with Crippen molar-refractivity contribution in [3.8, 4) is 0 Å². The normalized spacial score (nSPS) is 17.4. The molecule has 0 aromatic carbocycles. The van der Waals surface area contributed by atoms with Gasteiger partial charge in [-0.15, -0.1) is 13.2 Å². The largest absolute Gasteiger partial charge is 0.103 e. The van der Waals surface area contributed by atoms with Crippen molar-refractivity contribution in [1.29, 1.82) is 0 Å². The van der Waals surface area contributed by atoms with Gasteiger partial charge in [-0.3, -0.25) is 0 Å². The van der Waals surface area contributed by atoms with Crippen molar-refractivity contribution in [2.24, 2.45) is 0 Å². The average Bonchev–Trinajstić information content (AvgIpc) is 2.15. The second kappa shape index (κ2) is 6.42. The fourth-order valence-corrected chi connectivity index (χ4v) is 1.84. The Morgan fingerprint density at radius 3 is 1.71 bits per heavy atom. The van der Waals surface area contributed by atoms with Gasteiger partial charge in [0.25, 0.3) is 0 Å². The summed E-state index contributed by atoms with van der Waals surface area (Å²) in [7, 11) is 0. The molecule has 0 spiro atoms. The molecule has 0 bridgehead atoms. The summed E-state index contributed by atoms with van der Waals surface area (Å²) in [6.45, 7) is 7.59. The Kier molecular flexibility index (Phi) is 5.06. The van der Waals surface area contributed by atoms with Crippen LogP contribution in [0.25, 0.3) is 0 Å². The van der Waals surface area contributed by atoms with E-state index in [4.69, 9.17) is 0 Å². The van der Waals surface area contributed by atoms with Crippen LogP contribution in [-0.2, 0) is 0 Å². The molecule has 0 aliphatic heterocycles. The molecule has 0 amide bonds. The van der Waals surface area contributed by atoms with E-state index in [1.54, 1.807) is 11.1 Å². The van der Waals surface area contributed by atoms with E-state index >= 15 is 0 Å². The summed E-state index contributed by atoms with van der Waals surface area (Å²) >= 11 is 0. The molecule has 0 radical (unpaired) electrons. The van der Waals surface area contributed by atoms with E-state index in [1.807, 2.05) is 12.2 Å². The van der Waals surface area contributed by atoms with Crippen molar-refractivity contribution >= 4 is 0 Å². The van der Waals surface area contributed by atoms with E-state index in [2.05, 4.69) is 25.3 Å². The fourth-order valence-electron chi connectivity index (χ4n) is 1.84. The molecule has 1 rings (SSSR count). The van der Waals surface area contributed by atoms with Gasteiger partial charge in [0.2, 0.25) is 0 Å². The highest BCUT2D eigenvalue weighted by molar-refractivity contribution is 5.15. The predicted octanol–water partition coefficient (Wildman–Crippen LogP) is 4.57. The van der Waals surface area contributed by atoms with E-state index in [-0.39, 0.29) is 0 Å². The standard InChI is InChI=1S/C14H20/c1-3-7-13-9-5-6-10-14(8-4-2)12-11-13/h3-4,9-10H,1-2,5-8,11-12H2. The van der Waals surface area contributed by atoms with Gasteiger partial charge < -0.3 is 0 Å². The van der Waals surface area contributed by atoms with Gasteiger partial charge >= 0.3 is 0 Å². The fraction of sp³-hybridized carbons (Fsp3) is 0.429. The molecule has 0 nitrogen and oxygen atoms in total. The van der Waals surface area contributed by atoms with Gasteiger partial charge in [0.05, 0.1) is 0 Å². The number of hydrogen-bond donors (Lipinski definition) is 0. The van der Waals surface area contributed by atoms with Crippen molar-refractivity contribution in [1.82, 2.24) is 0 Å². The summed E-state index contributed by atoms with van der Waals surface area (Å²) in [6, 6.07) is 0. The maximum absolute atomic E-state index is 3.79. The van der Waals surface area contributed by atoms with Crippen LogP contribution in [0.1, 0.15) is 38.5 Å². The van der Waals surface area contributed by atoms with Crippen molar-refractivity contribution < 1.29 is 0 Å². The molecule has 1 aliphatic rings. The summed E-state index contributed by atoms with van der Waals surface area (Å²) < 4.78 is 0. The summed E-state index contributed by atoms with van der Waals surface area (Å²) in [4.78, 5) is 0. The highest BCUT2D eigenvalue weighted by Crippen LogP contribution is 2.22. The molecule has 0 aromatic rings. The highest BCUT2D eigenvalue weighted by Gasteiger charge is 2.02. The van der Waals surface area contributed by atoms with Crippen LogP contribution in [0.5, 0.6) is 0 Å². The Balaban J connectivity index is 2.50. The lowest BCUT2D eigenvalue weighted by atomic mass is 9.95. The monoisotopic (exact) mass is 188 g/mol. The zero-order chi connectivity index (χ0) is 10.2. The topological polar surface area (TPSA) is 0 Å². The maximum Gasteiger partial charge on any atom is -0.0141 e. The van der Waals surface area contributed by atoms with Crippen LogP contribution in [0, 0.1) is 0 Å². The maximum atomic E-state index is 3.79. The predicted molar refractivity (Wildman–Crippen MR) is 64.3 cm³/mol. The molecule has 1 aliphatic carbocycles. The van der Waals surface area contributed by atoms with Crippen LogP contribution >= 0.6 is 0 Å². The number of allylic oxidation sites excluding steroid dienone is 6. The second-order valence-corrected chi connectivity index (χ2v) is 3.79. The molecule has 76 valence electrons. The van der Waals surface area contributed by atoms with E-state index in [0.717, 1.165) is 12.8 Å². The van der Waals surface area contributed by atoms with Crippen LogP contribution in [-0.4, -0.2) is 0 Å². The van der Waals surface area contributed by atoms with Gasteiger partial charge in [-0.05, 0) is 38.5 Å². The number of rotatable bonds is 4. The Labute approximate surface area is 87.7 Å². The zero-order valence-corrected chi connectivity index (χ0v) is 8.97. The first kappa shape index (κ1) is 11.0. The summed E-state index contributed by atoms with van der Waals surface area (Å²) in [6.07, 6.45) is 15.6. The van der Waals surface area contributed by atoms with Crippen LogP contribution in [0.3, 0.4) is 0 Å². The Hall–Kier alpha value is -1.04. The van der Waals surface area contributed by atoms with Crippen molar-refractivity contribution in [2.75, 3.05) is 0 Å². The average molecular weight is 188 g/mol. The number of hydrogen-bond acceptors (Lipinski definition) is 0. The molecule has 0 saturated carbocycles. The Morgan fingerprint density at radius 1 is 0.929 bits per heavy atom. The molecular formula is C14H20. The molecule has 0 unspecified atom stereocenters. The van der Waals surface area contributed by atoms with Crippen molar-refractivity contribution in [3.63, 3.8) is 0 Å². The van der Waals surface area contributed by atoms with E-state index in [1.165, 1.54) is 25.7 Å². The summed E-state index contributed by atoms with van der Waals surface area (Å²) in [5, 5.41) is 0. The van der Waals surface area contributed by atoms with Gasteiger partial charge in [-0.1, -0.05) is 35.5 Å². The smallest absolute Gasteiger partial charge is 0.0141 e. The molecule has 0 heteroatoms. The lowest BCUT2D eigenvalue weighted by molar-refractivity contribution is 0.830. The lowest BCUT2D eigenvalue weighted by Gasteiger charge is -2.11. The first-order valence-corrected chi connectivity index (χ1v) is 5.44. The van der Waals surface area contributed by atoms with Crippen LogP contribution < -0.4 is 0 Å². The molecule has 0 N–H and O–H groups in total. The summed E-state index contributed by atoms with van der Waals surface area (Å²) in [5.41, 5.74) is 3.10. The van der Waals surface area contributed by atoms with Crippen LogP contribution in [0.2, 0.25) is 0 Å². The highest BCUT2D eigenvalue weighted by atomic mass is 14.1. The van der Waals surface area contributed by atoms with E-state index in [0.29, 0.717) is 0 Å². The lowest BCUT2D eigenvalue weighted by Crippen LogP contribution is -1.91. The van der Waals surface area contributed by atoms with Gasteiger partial charge in [0, 0.05) is 0 Å². The minimum atomic E-state index is 1.06. The third-order valence-corrected chi connectivity index (χ3v) is 2.61. The Morgan fingerprint density at radius 2 is 1.36 bits per heavy atom. The van der Waals surface area contributed by atoms with E-state index < -0.39 is 0 Å². The third kappa shape index (κ3) is 3.78. The van der Waals surface area contributed by atoms with Gasteiger partial charge in [-0.25, -0.2) is 0 Å². The van der Waals surface area contributed by atoms with Gasteiger partial charge in [0.1, 0.15) is 0 Å². The van der Waals surface area contributed by atoms with Crippen LogP contribution in [0.15, 0.2) is 48.6 Å². The minimum Gasteiger partial charge on any atom is -0.103 e. The third-order valence-electron chi connectivity index (χ3n) is 2.61. The van der Waals surface area contributed by atoms with E-state index in [9.17, 15) is 0 Å². The molecule has 0 atom stereocenters.